The Morgan fingerprint density at radius 3 is 2.49 bits per heavy atom. The minimum Gasteiger partial charge on any atom is -0.397 e. The number of aryl methyl sites for hydroxylation is 2. The average Bonchev–Trinajstić information content (AvgIpc) is 3.24. The van der Waals surface area contributed by atoms with E-state index in [-0.39, 0.29) is 5.91 Å². The normalized spacial score (nSPS) is 14.8. The lowest BCUT2D eigenvalue weighted by atomic mass is 9.89. The Hall–Kier alpha value is -3.71. The molecule has 0 saturated carbocycles. The van der Waals surface area contributed by atoms with Gasteiger partial charge in [0.15, 0.2) is 0 Å². The molecule has 0 spiro atoms. The van der Waals surface area contributed by atoms with Crippen LogP contribution < -0.4 is 5.73 Å². The molecule has 1 fully saturated rings. The molecule has 1 saturated heterocycles. The quantitative estimate of drug-likeness (QED) is 0.412. The molecule has 0 unspecified atom stereocenters. The van der Waals surface area contributed by atoms with E-state index >= 15 is 0 Å². The number of hydrogen-bond acceptors (Lipinski definition) is 5. The van der Waals surface area contributed by atoms with Gasteiger partial charge in [0.1, 0.15) is 5.65 Å². The van der Waals surface area contributed by atoms with Crippen molar-refractivity contribution in [3.63, 3.8) is 0 Å². The summed E-state index contributed by atoms with van der Waals surface area (Å²) in [6, 6.07) is 16.5. The van der Waals surface area contributed by atoms with Gasteiger partial charge in [-0.05, 0) is 80.2 Å². The van der Waals surface area contributed by atoms with E-state index in [1.54, 1.807) is 19.0 Å². The summed E-state index contributed by atoms with van der Waals surface area (Å²) >= 11 is 0. The molecule has 7 heteroatoms. The summed E-state index contributed by atoms with van der Waals surface area (Å²) in [5.41, 5.74) is 14.1. The van der Waals surface area contributed by atoms with E-state index in [0.717, 1.165) is 78.1 Å². The minimum absolute atomic E-state index is 0.0481. The fraction of sp³-hybridized carbons (Fsp3) is 0.367. The number of piperidine rings is 1. The number of pyridine rings is 2. The summed E-state index contributed by atoms with van der Waals surface area (Å²) in [5, 5.41) is 1.13. The summed E-state index contributed by atoms with van der Waals surface area (Å²) in [6.07, 6.45) is 4.91. The third-order valence-electron chi connectivity index (χ3n) is 7.66. The first-order valence-corrected chi connectivity index (χ1v) is 13.1. The van der Waals surface area contributed by atoms with E-state index in [1.165, 1.54) is 11.3 Å². The maximum absolute atomic E-state index is 12.2. The third kappa shape index (κ3) is 4.96. The van der Waals surface area contributed by atoms with Crippen LogP contribution in [0.15, 0.2) is 54.7 Å². The summed E-state index contributed by atoms with van der Waals surface area (Å²) in [7, 11) is 5.68. The molecular weight excluding hydrogens is 460 g/mol. The van der Waals surface area contributed by atoms with Gasteiger partial charge in [-0.25, -0.2) is 4.98 Å². The number of aromatic nitrogens is 3. The molecule has 1 aliphatic heterocycles. The van der Waals surface area contributed by atoms with Crippen molar-refractivity contribution >= 4 is 22.6 Å². The maximum atomic E-state index is 12.2. The highest BCUT2D eigenvalue weighted by Gasteiger charge is 2.23. The van der Waals surface area contributed by atoms with Crippen LogP contribution in [0.3, 0.4) is 0 Å². The number of carbonyl (C=O) groups is 1. The number of fused-ring (bicyclic) bond motifs is 1. The number of carbonyl (C=O) groups excluding carboxylic acids is 1. The Kier molecular flexibility index (Phi) is 6.98. The van der Waals surface area contributed by atoms with E-state index in [2.05, 4.69) is 46.6 Å². The van der Waals surface area contributed by atoms with Crippen molar-refractivity contribution in [3.05, 3.63) is 77.2 Å². The first-order chi connectivity index (χ1) is 17.9. The number of amides is 1. The predicted octanol–water partition coefficient (Wildman–Crippen LogP) is 4.86. The highest BCUT2D eigenvalue weighted by molar-refractivity contribution is 5.94. The summed E-state index contributed by atoms with van der Waals surface area (Å²) < 4.78 is 2.21. The average molecular weight is 497 g/mol. The van der Waals surface area contributed by atoms with Crippen LogP contribution in [0.2, 0.25) is 0 Å². The SMILES string of the molecule is CCc1nc(-c2ccnc3c2cc(CN2CCC(c4ccc(C(=O)N(C)C)cc4)CC2)n3C)ccc1N. The monoisotopic (exact) mass is 496 g/mol. The Bertz CT molecular complexity index is 1410. The van der Waals surface area contributed by atoms with Crippen molar-refractivity contribution in [3.8, 4) is 11.3 Å². The summed E-state index contributed by atoms with van der Waals surface area (Å²) in [4.78, 5) is 25.9. The second-order valence-electron chi connectivity index (χ2n) is 10.2. The van der Waals surface area contributed by atoms with Gasteiger partial charge in [-0.2, -0.15) is 0 Å². The van der Waals surface area contributed by atoms with Gasteiger partial charge in [0.25, 0.3) is 5.91 Å². The Balaban J connectivity index is 1.30. The topological polar surface area (TPSA) is 80.3 Å². The van der Waals surface area contributed by atoms with Crippen LogP contribution in [-0.4, -0.2) is 57.4 Å². The van der Waals surface area contributed by atoms with Crippen LogP contribution in [0.25, 0.3) is 22.3 Å². The van der Waals surface area contributed by atoms with E-state index in [1.807, 2.05) is 36.5 Å². The van der Waals surface area contributed by atoms with Crippen molar-refractivity contribution in [2.24, 2.45) is 7.05 Å². The zero-order valence-electron chi connectivity index (χ0n) is 22.2. The summed E-state index contributed by atoms with van der Waals surface area (Å²) in [5.74, 6) is 0.580. The van der Waals surface area contributed by atoms with Crippen molar-refractivity contribution in [1.82, 2.24) is 24.3 Å². The zero-order chi connectivity index (χ0) is 26.1. The fourth-order valence-corrected chi connectivity index (χ4v) is 5.40. The van der Waals surface area contributed by atoms with E-state index in [4.69, 9.17) is 10.7 Å². The molecule has 0 aliphatic carbocycles. The van der Waals surface area contributed by atoms with E-state index < -0.39 is 0 Å². The Morgan fingerprint density at radius 1 is 1.08 bits per heavy atom. The number of hydrogen-bond donors (Lipinski definition) is 1. The van der Waals surface area contributed by atoms with Gasteiger partial charge < -0.3 is 15.2 Å². The van der Waals surface area contributed by atoms with Crippen LogP contribution in [-0.2, 0) is 20.0 Å². The number of benzene rings is 1. The fourth-order valence-electron chi connectivity index (χ4n) is 5.40. The van der Waals surface area contributed by atoms with Gasteiger partial charge in [0.05, 0.1) is 17.1 Å². The molecule has 192 valence electrons. The van der Waals surface area contributed by atoms with Gasteiger partial charge in [-0.15, -0.1) is 0 Å². The Labute approximate surface area is 218 Å². The molecule has 1 aliphatic rings. The number of rotatable bonds is 6. The predicted molar refractivity (Wildman–Crippen MR) is 149 cm³/mol. The summed E-state index contributed by atoms with van der Waals surface area (Å²) in [6.45, 7) is 5.06. The van der Waals surface area contributed by atoms with Gasteiger partial charge >= 0.3 is 0 Å². The molecule has 0 bridgehead atoms. The highest BCUT2D eigenvalue weighted by Crippen LogP contribution is 2.32. The molecule has 0 atom stereocenters. The molecule has 3 aromatic heterocycles. The number of nitrogens with zero attached hydrogens (tertiary/aromatic N) is 5. The van der Waals surface area contributed by atoms with Gasteiger partial charge in [-0.3, -0.25) is 14.7 Å². The first-order valence-electron chi connectivity index (χ1n) is 13.1. The van der Waals surface area contributed by atoms with Crippen molar-refractivity contribution in [2.75, 3.05) is 32.9 Å². The van der Waals surface area contributed by atoms with Gasteiger partial charge in [0, 0.05) is 56.1 Å². The van der Waals surface area contributed by atoms with Crippen LogP contribution >= 0.6 is 0 Å². The lowest BCUT2D eigenvalue weighted by molar-refractivity contribution is 0.0827. The van der Waals surface area contributed by atoms with Crippen LogP contribution in [0.5, 0.6) is 0 Å². The zero-order valence-corrected chi connectivity index (χ0v) is 22.2. The van der Waals surface area contributed by atoms with Gasteiger partial charge in [0.2, 0.25) is 0 Å². The van der Waals surface area contributed by atoms with Crippen molar-refractivity contribution in [1.29, 1.82) is 0 Å². The second-order valence-corrected chi connectivity index (χ2v) is 10.2. The van der Waals surface area contributed by atoms with Gasteiger partial charge in [-0.1, -0.05) is 19.1 Å². The molecule has 4 heterocycles. The van der Waals surface area contributed by atoms with Crippen molar-refractivity contribution < 1.29 is 4.79 Å². The third-order valence-corrected chi connectivity index (χ3v) is 7.66. The Morgan fingerprint density at radius 2 is 1.81 bits per heavy atom. The standard InChI is InChI=1S/C30H36N6O/c1-5-27-26(31)10-11-28(33-27)24-12-15-32-29-25(24)18-23(35(29)4)19-36-16-13-21(14-17-36)20-6-8-22(9-7-20)30(37)34(2)3/h6-12,15,18,21H,5,13-14,16-17,19,31H2,1-4H3. The molecule has 1 aromatic carbocycles. The molecule has 4 aromatic rings. The first kappa shape index (κ1) is 25.0. The van der Waals surface area contributed by atoms with Crippen LogP contribution in [0, 0.1) is 0 Å². The highest BCUT2D eigenvalue weighted by atomic mass is 16.2. The number of nitrogens with two attached hydrogens (primary N) is 1. The minimum atomic E-state index is 0.0481. The molecule has 5 rings (SSSR count). The largest absolute Gasteiger partial charge is 0.397 e. The van der Waals surface area contributed by atoms with E-state index in [9.17, 15) is 4.79 Å². The lowest BCUT2D eigenvalue weighted by Gasteiger charge is -2.32. The molecule has 37 heavy (non-hydrogen) atoms. The number of anilines is 1. The molecule has 7 nitrogen and oxygen atoms in total. The lowest BCUT2D eigenvalue weighted by Crippen LogP contribution is -2.33. The van der Waals surface area contributed by atoms with Crippen LogP contribution in [0.1, 0.15) is 53.0 Å². The number of nitrogen functional groups attached to an aromatic ring is 1. The number of likely N-dealkylation sites (tertiary alicyclic amines) is 1. The van der Waals surface area contributed by atoms with E-state index in [0.29, 0.717) is 5.92 Å². The molecule has 1 amide bonds. The van der Waals surface area contributed by atoms with Crippen LogP contribution in [0.4, 0.5) is 5.69 Å². The second kappa shape index (κ2) is 10.3. The molecular formula is C30H36N6O. The molecule has 0 radical (unpaired) electrons. The molecule has 2 N–H and O–H groups in total. The smallest absolute Gasteiger partial charge is 0.253 e. The van der Waals surface area contributed by atoms with Crippen molar-refractivity contribution in [2.45, 2.75) is 38.6 Å². The maximum Gasteiger partial charge on any atom is 0.253 e.